The highest BCUT2D eigenvalue weighted by Crippen LogP contribution is 2.25. The lowest BCUT2D eigenvalue weighted by molar-refractivity contribution is 0.0347. The van der Waals surface area contributed by atoms with Crippen LogP contribution in [0, 0.1) is 0 Å². The predicted octanol–water partition coefficient (Wildman–Crippen LogP) is 4.06. The van der Waals surface area contributed by atoms with Gasteiger partial charge in [0.2, 0.25) is 0 Å². The topological polar surface area (TPSA) is 34.1 Å². The monoisotopic (exact) mass is 276 g/mol. The molecule has 3 rings (SSSR count). The number of aromatic nitrogens is 1. The Hall–Kier alpha value is -1.13. The molecule has 0 bridgehead atoms. The average molecular weight is 276 g/mol. The van der Waals surface area contributed by atoms with Gasteiger partial charge in [-0.2, -0.15) is 0 Å². The van der Waals surface area contributed by atoms with Crippen LogP contribution in [0.5, 0.6) is 0 Å². The molecule has 0 amide bonds. The molecular weight excluding hydrogens is 256 g/mol. The van der Waals surface area contributed by atoms with Crippen molar-refractivity contribution in [2.75, 3.05) is 18.5 Å². The van der Waals surface area contributed by atoms with Crippen LogP contribution >= 0.6 is 11.3 Å². The lowest BCUT2D eigenvalue weighted by Gasteiger charge is -2.21. The smallest absolute Gasteiger partial charge is 0.183 e. The van der Waals surface area contributed by atoms with E-state index in [4.69, 9.17) is 4.74 Å². The quantitative estimate of drug-likeness (QED) is 0.836. The largest absolute Gasteiger partial charge is 0.376 e. The van der Waals surface area contributed by atoms with E-state index in [1.165, 1.54) is 36.8 Å². The van der Waals surface area contributed by atoms with Crippen LogP contribution in [0.1, 0.15) is 32.1 Å². The van der Waals surface area contributed by atoms with Crippen molar-refractivity contribution in [2.24, 2.45) is 0 Å². The van der Waals surface area contributed by atoms with E-state index < -0.39 is 0 Å². The van der Waals surface area contributed by atoms with Crippen molar-refractivity contribution in [3.63, 3.8) is 0 Å². The van der Waals surface area contributed by atoms with Crippen LogP contribution in [-0.2, 0) is 4.74 Å². The van der Waals surface area contributed by atoms with Crippen molar-refractivity contribution in [3.8, 4) is 0 Å². The van der Waals surface area contributed by atoms with E-state index in [-0.39, 0.29) is 0 Å². The first-order valence-corrected chi connectivity index (χ1v) is 7.94. The lowest BCUT2D eigenvalue weighted by atomic mass is 9.98. The summed E-state index contributed by atoms with van der Waals surface area (Å²) in [5.74, 6) is 0. The van der Waals surface area contributed by atoms with Crippen LogP contribution in [0.3, 0.4) is 0 Å². The molecule has 1 saturated carbocycles. The van der Waals surface area contributed by atoms with E-state index in [1.807, 2.05) is 6.07 Å². The maximum atomic E-state index is 5.89. The molecule has 3 nitrogen and oxygen atoms in total. The first-order chi connectivity index (χ1) is 9.42. The summed E-state index contributed by atoms with van der Waals surface area (Å²) in [6.45, 7) is 1.62. The molecule has 102 valence electrons. The van der Waals surface area contributed by atoms with Gasteiger partial charge in [0.15, 0.2) is 5.13 Å². The molecule has 0 spiro atoms. The molecule has 1 fully saturated rings. The fraction of sp³-hybridized carbons (Fsp3) is 0.533. The Kier molecular flexibility index (Phi) is 4.30. The zero-order valence-corrected chi connectivity index (χ0v) is 11.9. The second-order valence-corrected chi connectivity index (χ2v) is 6.07. The molecular formula is C15H20N2OS. The maximum Gasteiger partial charge on any atom is 0.183 e. The molecule has 0 aliphatic heterocycles. The summed E-state index contributed by atoms with van der Waals surface area (Å²) in [5.41, 5.74) is 1.07. The fourth-order valence-electron chi connectivity index (χ4n) is 2.56. The summed E-state index contributed by atoms with van der Waals surface area (Å²) in [6, 6.07) is 8.24. The molecule has 0 unspecified atom stereocenters. The second kappa shape index (κ2) is 6.35. The summed E-state index contributed by atoms with van der Waals surface area (Å²) in [5, 5.41) is 4.35. The van der Waals surface area contributed by atoms with Crippen LogP contribution < -0.4 is 5.32 Å². The number of benzene rings is 1. The van der Waals surface area contributed by atoms with Gasteiger partial charge in [0.05, 0.1) is 22.9 Å². The molecule has 19 heavy (non-hydrogen) atoms. The van der Waals surface area contributed by atoms with E-state index in [1.54, 1.807) is 11.3 Å². The van der Waals surface area contributed by atoms with Gasteiger partial charge in [-0.05, 0) is 25.0 Å². The Bertz CT molecular complexity index is 487. The average Bonchev–Trinajstić information content (AvgIpc) is 2.87. The highest BCUT2D eigenvalue weighted by Gasteiger charge is 2.13. The summed E-state index contributed by atoms with van der Waals surface area (Å²) < 4.78 is 7.13. The first kappa shape index (κ1) is 12.9. The third-order valence-corrected chi connectivity index (χ3v) is 4.57. The number of fused-ring (bicyclic) bond motifs is 1. The number of ether oxygens (including phenoxy) is 1. The molecule has 1 aromatic carbocycles. The predicted molar refractivity (Wildman–Crippen MR) is 80.9 cm³/mol. The van der Waals surface area contributed by atoms with Crippen molar-refractivity contribution < 1.29 is 4.74 Å². The van der Waals surface area contributed by atoms with Gasteiger partial charge in [0, 0.05) is 6.54 Å². The molecule has 1 heterocycles. The number of para-hydroxylation sites is 1. The van der Waals surface area contributed by atoms with Crippen molar-refractivity contribution in [3.05, 3.63) is 24.3 Å². The number of rotatable bonds is 5. The summed E-state index contributed by atoms with van der Waals surface area (Å²) in [7, 11) is 0. The van der Waals surface area contributed by atoms with Gasteiger partial charge in [0.25, 0.3) is 0 Å². The minimum atomic E-state index is 0.492. The molecule has 0 saturated heterocycles. The van der Waals surface area contributed by atoms with Crippen molar-refractivity contribution in [1.29, 1.82) is 0 Å². The molecule has 1 aliphatic carbocycles. The Morgan fingerprint density at radius 1 is 1.21 bits per heavy atom. The van der Waals surface area contributed by atoms with Gasteiger partial charge in [0.1, 0.15) is 0 Å². The van der Waals surface area contributed by atoms with Gasteiger partial charge in [-0.15, -0.1) is 0 Å². The highest BCUT2D eigenvalue weighted by atomic mass is 32.1. The van der Waals surface area contributed by atoms with Gasteiger partial charge < -0.3 is 10.1 Å². The van der Waals surface area contributed by atoms with E-state index in [0.717, 1.165) is 23.8 Å². The standard InChI is InChI=1S/C15H20N2OS/c1-2-6-12(7-3-1)18-11-10-16-15-17-13-8-4-5-9-14(13)19-15/h4-5,8-9,12H,1-3,6-7,10-11H2,(H,16,17). The van der Waals surface area contributed by atoms with Crippen molar-refractivity contribution in [1.82, 2.24) is 4.98 Å². The van der Waals surface area contributed by atoms with Gasteiger partial charge in [-0.1, -0.05) is 42.7 Å². The first-order valence-electron chi connectivity index (χ1n) is 7.13. The van der Waals surface area contributed by atoms with E-state index in [9.17, 15) is 0 Å². The number of thiazole rings is 1. The summed E-state index contributed by atoms with van der Waals surface area (Å²) in [4.78, 5) is 4.55. The SMILES string of the molecule is c1ccc2sc(NCCOC3CCCCC3)nc2c1. The van der Waals surface area contributed by atoms with E-state index >= 15 is 0 Å². The third kappa shape index (κ3) is 3.45. The zero-order chi connectivity index (χ0) is 12.9. The van der Waals surface area contributed by atoms with Crippen molar-refractivity contribution >= 4 is 26.7 Å². The molecule has 1 aliphatic rings. The molecule has 0 atom stereocenters. The zero-order valence-electron chi connectivity index (χ0n) is 11.1. The van der Waals surface area contributed by atoms with Crippen LogP contribution in [0.2, 0.25) is 0 Å². The minimum Gasteiger partial charge on any atom is -0.376 e. The summed E-state index contributed by atoms with van der Waals surface area (Å²) in [6.07, 6.45) is 7.00. The van der Waals surface area contributed by atoms with Crippen LogP contribution in [0.4, 0.5) is 5.13 Å². The Labute approximate surface area is 118 Å². The number of nitrogens with one attached hydrogen (secondary N) is 1. The van der Waals surface area contributed by atoms with Crippen molar-refractivity contribution in [2.45, 2.75) is 38.2 Å². The van der Waals surface area contributed by atoms with Gasteiger partial charge >= 0.3 is 0 Å². The Balaban J connectivity index is 1.44. The summed E-state index contributed by atoms with van der Waals surface area (Å²) >= 11 is 1.71. The van der Waals surface area contributed by atoms with Crippen LogP contribution in [0.25, 0.3) is 10.2 Å². The third-order valence-electron chi connectivity index (χ3n) is 3.58. The normalized spacial score (nSPS) is 16.8. The number of nitrogens with zero attached hydrogens (tertiary/aromatic N) is 1. The number of anilines is 1. The van der Waals surface area contributed by atoms with Crippen LogP contribution in [-0.4, -0.2) is 24.2 Å². The lowest BCUT2D eigenvalue weighted by Crippen LogP contribution is -2.20. The van der Waals surface area contributed by atoms with Crippen LogP contribution in [0.15, 0.2) is 24.3 Å². The molecule has 1 N–H and O–H groups in total. The Morgan fingerprint density at radius 2 is 2.05 bits per heavy atom. The molecule has 0 radical (unpaired) electrons. The molecule has 2 aromatic rings. The van der Waals surface area contributed by atoms with E-state index in [0.29, 0.717) is 6.10 Å². The Morgan fingerprint density at radius 3 is 2.89 bits per heavy atom. The fourth-order valence-corrected chi connectivity index (χ4v) is 3.45. The van der Waals surface area contributed by atoms with Gasteiger partial charge in [-0.3, -0.25) is 0 Å². The minimum absolute atomic E-state index is 0.492. The molecule has 4 heteroatoms. The second-order valence-electron chi connectivity index (χ2n) is 5.04. The maximum absolute atomic E-state index is 5.89. The highest BCUT2D eigenvalue weighted by molar-refractivity contribution is 7.22. The number of hydrogen-bond donors (Lipinski definition) is 1. The van der Waals surface area contributed by atoms with E-state index in [2.05, 4.69) is 28.5 Å². The van der Waals surface area contributed by atoms with Gasteiger partial charge in [-0.25, -0.2) is 4.98 Å². The number of hydrogen-bond acceptors (Lipinski definition) is 4. The molecule has 1 aromatic heterocycles.